The minimum atomic E-state index is -0.0438. The van der Waals surface area contributed by atoms with Crippen LogP contribution in [0.15, 0.2) is 72.8 Å². The van der Waals surface area contributed by atoms with Crippen molar-refractivity contribution in [2.75, 3.05) is 65.8 Å². The Hall–Kier alpha value is -4.26. The van der Waals surface area contributed by atoms with E-state index in [1.54, 1.807) is 12.1 Å². The van der Waals surface area contributed by atoms with Gasteiger partial charge < -0.3 is 33.9 Å². The van der Waals surface area contributed by atoms with E-state index in [9.17, 15) is 19.8 Å². The average Bonchev–Trinajstić information content (AvgIpc) is 3.35. The number of phenolic OH excluding ortho intramolecular Hbond substituents is 1. The molecule has 4 fully saturated rings. The molecule has 4 aromatic carbocycles. The number of hydrogen-bond acceptors (Lipinski definition) is 11. The number of likely N-dealkylation sites (tertiary alicyclic amines) is 2. The molecule has 0 radical (unpaired) electrons. The molecule has 2 saturated carbocycles. The normalized spacial score (nSPS) is 22.0. The molecule has 0 amide bonds. The van der Waals surface area contributed by atoms with Gasteiger partial charge in [-0.05, 0) is 212 Å². The van der Waals surface area contributed by atoms with E-state index in [2.05, 4.69) is 71.3 Å². The fourth-order valence-electron chi connectivity index (χ4n) is 10.0. The van der Waals surface area contributed by atoms with Crippen molar-refractivity contribution in [3.63, 3.8) is 0 Å². The number of fused-ring (bicyclic) bond motifs is 2. The van der Waals surface area contributed by atoms with Crippen LogP contribution in [-0.4, -0.2) is 110 Å². The van der Waals surface area contributed by atoms with Crippen molar-refractivity contribution in [2.24, 2.45) is 23.7 Å². The number of benzene rings is 4. The molecular formula is C56H80N2O9. The molecular weight excluding hydrogens is 845 g/mol. The van der Waals surface area contributed by atoms with E-state index in [-0.39, 0.29) is 29.9 Å². The Morgan fingerprint density at radius 1 is 0.522 bits per heavy atom. The Balaban J connectivity index is 0.000000188. The first-order valence-electron chi connectivity index (χ1n) is 25.6. The average molecular weight is 925 g/mol. The molecule has 2 saturated heterocycles. The lowest BCUT2D eigenvalue weighted by Gasteiger charge is -2.30. The van der Waals surface area contributed by atoms with Crippen molar-refractivity contribution in [1.29, 1.82) is 0 Å². The highest BCUT2D eigenvalue weighted by Gasteiger charge is 2.28. The second kappa shape index (κ2) is 27.7. The van der Waals surface area contributed by atoms with Crippen molar-refractivity contribution in [1.82, 2.24) is 9.80 Å². The van der Waals surface area contributed by atoms with Crippen LogP contribution in [0, 0.1) is 23.7 Å². The Bertz CT molecular complexity index is 2080. The quantitative estimate of drug-likeness (QED) is 0.104. The number of aromatic hydroxyl groups is 1. The summed E-state index contributed by atoms with van der Waals surface area (Å²) in [5, 5.41) is 23.4. The molecule has 0 aromatic heterocycles. The smallest absolute Gasteiger partial charge is 0.309 e. The van der Waals surface area contributed by atoms with E-state index in [1.807, 2.05) is 26.8 Å². The number of rotatable bonds is 16. The molecule has 11 nitrogen and oxygen atoms in total. The summed E-state index contributed by atoms with van der Waals surface area (Å²) in [5.41, 5.74) is 2.58. The van der Waals surface area contributed by atoms with Gasteiger partial charge in [-0.2, -0.15) is 0 Å². The summed E-state index contributed by atoms with van der Waals surface area (Å²) in [6, 6.07) is 25.0. The van der Waals surface area contributed by atoms with E-state index < -0.39 is 0 Å². The molecule has 2 N–H and O–H groups in total. The van der Waals surface area contributed by atoms with Crippen molar-refractivity contribution >= 4 is 33.5 Å². The van der Waals surface area contributed by atoms with E-state index in [0.717, 1.165) is 146 Å². The first-order valence-corrected chi connectivity index (χ1v) is 25.6. The zero-order valence-corrected chi connectivity index (χ0v) is 41.0. The first kappa shape index (κ1) is 52.1. The number of carbonyl (C=O) groups excluding carboxylic acids is 2. The van der Waals surface area contributed by atoms with Gasteiger partial charge in [-0.15, -0.1) is 0 Å². The Morgan fingerprint density at radius 3 is 1.43 bits per heavy atom. The third-order valence-corrected chi connectivity index (χ3v) is 14.0. The molecule has 368 valence electrons. The molecule has 2 aliphatic carbocycles. The molecule has 0 unspecified atom stereocenters. The minimum Gasteiger partial charge on any atom is -0.508 e. The van der Waals surface area contributed by atoms with Crippen LogP contribution in [0.2, 0.25) is 0 Å². The van der Waals surface area contributed by atoms with Crippen molar-refractivity contribution in [3.05, 3.63) is 83.9 Å². The monoisotopic (exact) mass is 925 g/mol. The minimum absolute atomic E-state index is 0.0283. The Labute approximate surface area is 400 Å². The zero-order valence-electron chi connectivity index (χ0n) is 41.0. The Kier molecular flexibility index (Phi) is 21.5. The number of aliphatic hydroxyl groups is 1. The highest BCUT2D eigenvalue weighted by Crippen LogP contribution is 2.31. The number of phenols is 1. The first-order chi connectivity index (χ1) is 32.6. The highest BCUT2D eigenvalue weighted by molar-refractivity contribution is 5.85. The predicted molar refractivity (Wildman–Crippen MR) is 266 cm³/mol. The summed E-state index contributed by atoms with van der Waals surface area (Å²) in [6.45, 7) is 17.7. The number of piperidine rings is 2. The second-order valence-corrected chi connectivity index (χ2v) is 19.1. The SMILES string of the molecule is CCOC(=O)C1CCN(Cc2ccc3cc(O)ccc3c2)CC1.CCOCC1CCC(O)CC1.CCOCC1CCC(Oc2ccc3cc(CN4CCC(C(=O)OCC)CC4)ccc3c2)CC1. The fourth-order valence-corrected chi connectivity index (χ4v) is 10.0. The second-order valence-electron chi connectivity index (χ2n) is 19.1. The maximum absolute atomic E-state index is 12.0. The van der Waals surface area contributed by atoms with Gasteiger partial charge in [0.25, 0.3) is 0 Å². The van der Waals surface area contributed by atoms with Crippen LogP contribution in [-0.2, 0) is 41.6 Å². The maximum atomic E-state index is 12.0. The van der Waals surface area contributed by atoms with Crippen LogP contribution in [0.4, 0.5) is 0 Å². The number of esters is 2. The largest absolute Gasteiger partial charge is 0.508 e. The Morgan fingerprint density at radius 2 is 0.955 bits per heavy atom. The van der Waals surface area contributed by atoms with Crippen LogP contribution in [0.25, 0.3) is 21.5 Å². The van der Waals surface area contributed by atoms with E-state index in [4.69, 9.17) is 23.7 Å². The van der Waals surface area contributed by atoms with Crippen molar-refractivity contribution in [2.45, 2.75) is 130 Å². The van der Waals surface area contributed by atoms with Gasteiger partial charge in [0.05, 0.1) is 37.3 Å². The lowest BCUT2D eigenvalue weighted by atomic mass is 9.88. The van der Waals surface area contributed by atoms with Crippen molar-refractivity contribution < 1.29 is 43.5 Å². The van der Waals surface area contributed by atoms with E-state index in [0.29, 0.717) is 36.9 Å². The summed E-state index contributed by atoms with van der Waals surface area (Å²) >= 11 is 0. The maximum Gasteiger partial charge on any atom is 0.309 e. The molecule has 0 bridgehead atoms. The molecule has 4 aliphatic rings. The van der Waals surface area contributed by atoms with Crippen LogP contribution in [0.3, 0.4) is 0 Å². The molecule has 4 aromatic rings. The van der Waals surface area contributed by atoms with Gasteiger partial charge in [0.1, 0.15) is 11.5 Å². The highest BCUT2D eigenvalue weighted by atomic mass is 16.5. The van der Waals surface area contributed by atoms with Gasteiger partial charge in [-0.1, -0.05) is 36.4 Å². The van der Waals surface area contributed by atoms with Gasteiger partial charge in [-0.3, -0.25) is 19.4 Å². The van der Waals surface area contributed by atoms with E-state index >= 15 is 0 Å². The number of aliphatic hydroxyl groups excluding tert-OH is 1. The van der Waals surface area contributed by atoms with Gasteiger partial charge in [-0.25, -0.2) is 0 Å². The van der Waals surface area contributed by atoms with Gasteiger partial charge in [0.2, 0.25) is 0 Å². The molecule has 11 heteroatoms. The summed E-state index contributed by atoms with van der Waals surface area (Å²) in [5.74, 6) is 2.73. The molecule has 2 aliphatic heterocycles. The van der Waals surface area contributed by atoms with Crippen molar-refractivity contribution in [3.8, 4) is 11.5 Å². The fraction of sp³-hybridized carbons (Fsp3) is 0.607. The third kappa shape index (κ3) is 17.0. The summed E-state index contributed by atoms with van der Waals surface area (Å²) in [6.07, 6.45) is 12.6. The molecule has 0 spiro atoms. The number of hydrogen-bond donors (Lipinski definition) is 2. The van der Waals surface area contributed by atoms with Crippen LogP contribution >= 0.6 is 0 Å². The molecule has 0 atom stereocenters. The number of ether oxygens (including phenoxy) is 5. The van der Waals surface area contributed by atoms with Gasteiger partial charge in [0, 0.05) is 39.5 Å². The lowest BCUT2D eigenvalue weighted by Crippen LogP contribution is -2.36. The number of nitrogens with zero attached hydrogens (tertiary/aromatic N) is 2. The van der Waals surface area contributed by atoms with Gasteiger partial charge >= 0.3 is 11.9 Å². The molecule has 67 heavy (non-hydrogen) atoms. The number of carbonyl (C=O) groups is 2. The summed E-state index contributed by atoms with van der Waals surface area (Å²) in [7, 11) is 0. The van der Waals surface area contributed by atoms with Crippen LogP contribution < -0.4 is 4.74 Å². The standard InChI is InChI=1S/C28H39NO4.C19H23NO3.C9H18O2/c1-3-31-20-21-6-10-26(11-7-21)33-27-12-9-24-17-22(5-8-25(24)18-27)19-29-15-13-23(14-16-29)28(30)32-4-2;1-2-23-19(22)15-7-9-20(10-8-15)13-14-3-4-17-12-18(21)6-5-16(17)11-14;1-2-11-7-8-3-5-9(10)6-4-8/h5,8-9,12,17-18,21,23,26H,3-4,6-7,10-11,13-16,19-20H2,1-2H3;3-6,11-12,15,21H,2,7-10,13H2,1H3;8-10H,2-7H2,1H3. The third-order valence-electron chi connectivity index (χ3n) is 14.0. The lowest BCUT2D eigenvalue weighted by molar-refractivity contribution is -0.150. The summed E-state index contributed by atoms with van der Waals surface area (Å²) < 4.78 is 27.5. The predicted octanol–water partition coefficient (Wildman–Crippen LogP) is 10.5. The molecule has 2 heterocycles. The molecule has 8 rings (SSSR count). The zero-order chi connectivity index (χ0) is 47.4. The van der Waals surface area contributed by atoms with Crippen LogP contribution in [0.5, 0.6) is 11.5 Å². The van der Waals surface area contributed by atoms with E-state index in [1.165, 1.54) is 34.7 Å². The topological polar surface area (TPSA) is 127 Å². The summed E-state index contributed by atoms with van der Waals surface area (Å²) in [4.78, 5) is 28.6. The van der Waals surface area contributed by atoms with Crippen LogP contribution in [0.1, 0.15) is 116 Å². The van der Waals surface area contributed by atoms with Gasteiger partial charge in [0.15, 0.2) is 0 Å².